The SMILES string of the molecule is Cc1ccccc1Cc1cc(-c2ccccc2)nc[c]1[Ge]([CH3])([CH3])[CH3]. The van der Waals surface area contributed by atoms with Crippen LogP contribution in [0.2, 0.25) is 17.3 Å². The predicted molar refractivity (Wildman–Crippen MR) is 107 cm³/mol. The van der Waals surface area contributed by atoms with E-state index in [0.717, 1.165) is 12.1 Å². The molecule has 0 radical (unpaired) electrons. The molecule has 2 aromatic carbocycles. The number of aromatic nitrogens is 1. The average molecular weight is 376 g/mol. The first-order valence-electron chi connectivity index (χ1n) is 8.54. The Labute approximate surface area is 148 Å². The molecule has 0 unspecified atom stereocenters. The molecule has 1 heterocycles. The van der Waals surface area contributed by atoms with E-state index in [9.17, 15) is 0 Å². The summed E-state index contributed by atoms with van der Waals surface area (Å²) in [5.74, 6) is 7.33. The van der Waals surface area contributed by atoms with Gasteiger partial charge in [0, 0.05) is 0 Å². The van der Waals surface area contributed by atoms with Crippen molar-refractivity contribution in [2.24, 2.45) is 0 Å². The van der Waals surface area contributed by atoms with E-state index in [1.54, 1.807) is 0 Å². The quantitative estimate of drug-likeness (QED) is 0.571. The summed E-state index contributed by atoms with van der Waals surface area (Å²) in [5.41, 5.74) is 6.50. The molecule has 1 aromatic heterocycles. The first kappa shape index (κ1) is 17.0. The number of benzene rings is 2. The molecular weight excluding hydrogens is 351 g/mol. The van der Waals surface area contributed by atoms with Gasteiger partial charge in [-0.1, -0.05) is 0 Å². The van der Waals surface area contributed by atoms with Crippen LogP contribution >= 0.6 is 0 Å². The molecule has 0 saturated carbocycles. The second-order valence-electron chi connectivity index (χ2n) is 7.45. The van der Waals surface area contributed by atoms with Gasteiger partial charge in [0.15, 0.2) is 0 Å². The summed E-state index contributed by atoms with van der Waals surface area (Å²) in [6.45, 7) is 2.20. The average Bonchev–Trinajstić information content (AvgIpc) is 2.57. The molecule has 0 bridgehead atoms. The van der Waals surface area contributed by atoms with Crippen molar-refractivity contribution in [3.05, 3.63) is 83.6 Å². The summed E-state index contributed by atoms with van der Waals surface area (Å²) in [5, 5.41) is 0. The Balaban J connectivity index is 2.08. The normalized spacial score (nSPS) is 11.5. The Morgan fingerprint density at radius 3 is 2.17 bits per heavy atom. The minimum absolute atomic E-state index is 0.993. The first-order valence-corrected chi connectivity index (χ1v) is 15.9. The fraction of sp³-hybridized carbons (Fsp3) is 0.227. The van der Waals surface area contributed by atoms with Gasteiger partial charge < -0.3 is 0 Å². The van der Waals surface area contributed by atoms with Gasteiger partial charge in [-0.15, -0.1) is 0 Å². The first-order chi connectivity index (χ1) is 11.4. The van der Waals surface area contributed by atoms with Gasteiger partial charge in [0.05, 0.1) is 0 Å². The van der Waals surface area contributed by atoms with Crippen molar-refractivity contribution in [2.75, 3.05) is 0 Å². The van der Waals surface area contributed by atoms with Crippen LogP contribution in [-0.4, -0.2) is 18.3 Å². The van der Waals surface area contributed by atoms with Crippen molar-refractivity contribution < 1.29 is 0 Å². The molecule has 0 aliphatic heterocycles. The van der Waals surface area contributed by atoms with Crippen LogP contribution in [0, 0.1) is 6.92 Å². The maximum atomic E-state index is 4.79. The molecule has 0 amide bonds. The molecule has 0 fully saturated rings. The van der Waals surface area contributed by atoms with Crippen LogP contribution in [0.5, 0.6) is 0 Å². The standard InChI is InChI=1S/C22H25GeN/c1-17-10-8-9-13-19(17)14-20-15-22(18-11-6-5-7-12-18)24-16-21(20)23(2,3)4/h5-13,15-16H,14H2,1-4H3. The zero-order valence-corrected chi connectivity index (χ0v) is 17.1. The summed E-state index contributed by atoms with van der Waals surface area (Å²) < 4.78 is 1.51. The van der Waals surface area contributed by atoms with Gasteiger partial charge >= 0.3 is 148 Å². The fourth-order valence-electron chi connectivity index (χ4n) is 3.10. The Bertz CT molecular complexity index is 832. The summed E-state index contributed by atoms with van der Waals surface area (Å²) in [4.78, 5) is 4.79. The molecule has 0 aliphatic carbocycles. The summed E-state index contributed by atoms with van der Waals surface area (Å²) in [6, 6.07) is 21.5. The van der Waals surface area contributed by atoms with E-state index in [-0.39, 0.29) is 0 Å². The van der Waals surface area contributed by atoms with E-state index in [2.05, 4.69) is 91.1 Å². The van der Waals surface area contributed by atoms with Crippen molar-refractivity contribution >= 4 is 17.7 Å². The van der Waals surface area contributed by atoms with Crippen LogP contribution in [0.1, 0.15) is 16.7 Å². The van der Waals surface area contributed by atoms with E-state index < -0.39 is 13.3 Å². The number of hydrogen-bond donors (Lipinski definition) is 0. The number of rotatable bonds is 4. The van der Waals surface area contributed by atoms with E-state index in [1.165, 1.54) is 26.6 Å². The summed E-state index contributed by atoms with van der Waals surface area (Å²) in [7, 11) is 0. The van der Waals surface area contributed by atoms with E-state index >= 15 is 0 Å². The Kier molecular flexibility index (Phi) is 4.91. The minimum atomic E-state index is -1.97. The van der Waals surface area contributed by atoms with Crippen LogP contribution < -0.4 is 4.40 Å². The molecule has 2 heteroatoms. The predicted octanol–water partition coefficient (Wildman–Crippen LogP) is 5.19. The van der Waals surface area contributed by atoms with Gasteiger partial charge in [-0.25, -0.2) is 0 Å². The van der Waals surface area contributed by atoms with Gasteiger partial charge in [-0.05, 0) is 0 Å². The van der Waals surface area contributed by atoms with Crippen LogP contribution in [0.25, 0.3) is 11.3 Å². The summed E-state index contributed by atoms with van der Waals surface area (Å²) in [6.07, 6.45) is 3.14. The molecular formula is C22H25GeN. The van der Waals surface area contributed by atoms with Crippen molar-refractivity contribution in [3.63, 3.8) is 0 Å². The summed E-state index contributed by atoms with van der Waals surface area (Å²) >= 11 is -1.97. The van der Waals surface area contributed by atoms with Gasteiger partial charge in [0.25, 0.3) is 0 Å². The van der Waals surface area contributed by atoms with Crippen LogP contribution in [0.3, 0.4) is 0 Å². The fourth-order valence-corrected chi connectivity index (χ4v) is 6.41. The molecule has 0 saturated heterocycles. The van der Waals surface area contributed by atoms with Crippen molar-refractivity contribution in [1.29, 1.82) is 0 Å². The van der Waals surface area contributed by atoms with Crippen molar-refractivity contribution in [2.45, 2.75) is 30.6 Å². The monoisotopic (exact) mass is 377 g/mol. The molecule has 0 atom stereocenters. The van der Waals surface area contributed by atoms with Crippen molar-refractivity contribution in [3.8, 4) is 11.3 Å². The zero-order chi connectivity index (χ0) is 17.2. The number of pyridine rings is 1. The molecule has 1 nitrogen and oxygen atoms in total. The van der Waals surface area contributed by atoms with Crippen LogP contribution in [0.4, 0.5) is 0 Å². The third-order valence-corrected chi connectivity index (χ3v) is 8.84. The van der Waals surface area contributed by atoms with Crippen LogP contribution in [-0.2, 0) is 6.42 Å². The Morgan fingerprint density at radius 1 is 0.833 bits per heavy atom. The second kappa shape index (κ2) is 6.94. The number of aryl methyl sites for hydroxylation is 1. The Morgan fingerprint density at radius 2 is 1.50 bits per heavy atom. The van der Waals surface area contributed by atoms with E-state index in [1.807, 2.05) is 0 Å². The van der Waals surface area contributed by atoms with Gasteiger partial charge in [-0.3, -0.25) is 0 Å². The number of hydrogen-bond acceptors (Lipinski definition) is 1. The molecule has 0 spiro atoms. The van der Waals surface area contributed by atoms with Gasteiger partial charge in [0.1, 0.15) is 0 Å². The molecule has 0 N–H and O–H groups in total. The van der Waals surface area contributed by atoms with Crippen LogP contribution in [0.15, 0.2) is 66.9 Å². The Hall–Kier alpha value is -1.87. The van der Waals surface area contributed by atoms with Gasteiger partial charge in [-0.2, -0.15) is 0 Å². The molecule has 0 aliphatic rings. The topological polar surface area (TPSA) is 12.9 Å². The number of nitrogens with zero attached hydrogens (tertiary/aromatic N) is 1. The molecule has 3 aromatic rings. The third kappa shape index (κ3) is 3.78. The van der Waals surface area contributed by atoms with Gasteiger partial charge in [0.2, 0.25) is 0 Å². The maximum absolute atomic E-state index is 4.79. The third-order valence-electron chi connectivity index (χ3n) is 4.51. The molecule has 122 valence electrons. The molecule has 3 rings (SSSR count). The van der Waals surface area contributed by atoms with Crippen molar-refractivity contribution in [1.82, 2.24) is 4.98 Å². The molecule has 24 heavy (non-hydrogen) atoms. The van der Waals surface area contributed by atoms with E-state index in [0.29, 0.717) is 0 Å². The zero-order valence-electron chi connectivity index (χ0n) is 15.0. The van der Waals surface area contributed by atoms with E-state index in [4.69, 9.17) is 4.98 Å². The second-order valence-corrected chi connectivity index (χ2v) is 18.0.